The molecule has 1 fully saturated rings. The smallest absolute Gasteiger partial charge is 0.108 e. The third-order valence-corrected chi connectivity index (χ3v) is 2.83. The molecule has 1 heterocycles. The van der Waals surface area contributed by atoms with Crippen molar-refractivity contribution in [1.82, 2.24) is 0 Å². The topological polar surface area (TPSA) is 21.8 Å². The molecular formula is C14H20O2. The Labute approximate surface area is 97.6 Å². The number of ether oxygens (including phenoxy) is 2. The average Bonchev–Trinajstić information content (AvgIpc) is 2.98. The first-order chi connectivity index (χ1) is 7.57. The Morgan fingerprint density at radius 1 is 1.19 bits per heavy atom. The summed E-state index contributed by atoms with van der Waals surface area (Å²) >= 11 is 0. The molecule has 2 nitrogen and oxygen atoms in total. The number of hydrogen-bond acceptors (Lipinski definition) is 2. The summed E-state index contributed by atoms with van der Waals surface area (Å²) in [6.07, 6.45) is 0.659. The van der Waals surface area contributed by atoms with Gasteiger partial charge in [-0.05, 0) is 11.0 Å². The molecule has 0 N–H and O–H groups in total. The molecule has 0 spiro atoms. The minimum atomic E-state index is 0.237. The molecule has 0 saturated carbocycles. The van der Waals surface area contributed by atoms with Crippen LogP contribution < -0.4 is 0 Å². The summed E-state index contributed by atoms with van der Waals surface area (Å²) in [5.74, 6) is 0. The summed E-state index contributed by atoms with van der Waals surface area (Å²) in [5, 5.41) is 0. The van der Waals surface area contributed by atoms with Crippen molar-refractivity contribution < 1.29 is 9.47 Å². The molecule has 0 aliphatic carbocycles. The Kier molecular flexibility index (Phi) is 3.31. The van der Waals surface area contributed by atoms with Gasteiger partial charge in [0.1, 0.15) is 6.10 Å². The fraction of sp³-hybridized carbons (Fsp3) is 0.571. The zero-order valence-corrected chi connectivity index (χ0v) is 10.3. The lowest BCUT2D eigenvalue weighted by Gasteiger charge is -2.14. The van der Waals surface area contributed by atoms with E-state index in [4.69, 9.17) is 9.47 Å². The first kappa shape index (κ1) is 11.6. The monoisotopic (exact) mass is 220 g/mol. The van der Waals surface area contributed by atoms with Gasteiger partial charge in [-0.1, -0.05) is 51.1 Å². The molecule has 1 aromatic carbocycles. The SMILES string of the molecule is CC(C)(C)[C@H]1O[C@H]1COCc1ccccc1. The van der Waals surface area contributed by atoms with Gasteiger partial charge in [-0.15, -0.1) is 0 Å². The van der Waals surface area contributed by atoms with Crippen LogP contribution in [0.4, 0.5) is 0 Å². The zero-order chi connectivity index (χ0) is 11.6. The molecule has 16 heavy (non-hydrogen) atoms. The first-order valence-electron chi connectivity index (χ1n) is 5.84. The summed E-state index contributed by atoms with van der Waals surface area (Å²) in [6.45, 7) is 7.99. The van der Waals surface area contributed by atoms with Gasteiger partial charge in [0, 0.05) is 0 Å². The second kappa shape index (κ2) is 4.56. The van der Waals surface area contributed by atoms with E-state index in [1.807, 2.05) is 18.2 Å². The number of benzene rings is 1. The van der Waals surface area contributed by atoms with Crippen molar-refractivity contribution in [3.63, 3.8) is 0 Å². The predicted molar refractivity (Wildman–Crippen MR) is 64.2 cm³/mol. The Morgan fingerprint density at radius 3 is 2.44 bits per heavy atom. The van der Waals surface area contributed by atoms with Crippen molar-refractivity contribution in [3.8, 4) is 0 Å². The van der Waals surface area contributed by atoms with Crippen LogP contribution in [-0.2, 0) is 16.1 Å². The highest BCUT2D eigenvalue weighted by atomic mass is 16.6. The Balaban J connectivity index is 1.68. The fourth-order valence-electron chi connectivity index (χ4n) is 1.90. The minimum Gasteiger partial charge on any atom is -0.374 e. The molecule has 0 amide bonds. The Hall–Kier alpha value is -0.860. The van der Waals surface area contributed by atoms with E-state index in [0.717, 1.165) is 0 Å². The van der Waals surface area contributed by atoms with Gasteiger partial charge in [-0.2, -0.15) is 0 Å². The van der Waals surface area contributed by atoms with Gasteiger partial charge >= 0.3 is 0 Å². The van der Waals surface area contributed by atoms with Crippen molar-refractivity contribution in [2.24, 2.45) is 5.41 Å². The molecule has 1 aliphatic rings. The molecule has 1 aromatic rings. The molecule has 0 bridgehead atoms. The molecule has 0 aromatic heterocycles. The molecule has 2 heteroatoms. The molecule has 2 rings (SSSR count). The highest BCUT2D eigenvalue weighted by Gasteiger charge is 2.47. The maximum absolute atomic E-state index is 5.64. The van der Waals surface area contributed by atoms with Crippen molar-refractivity contribution in [2.75, 3.05) is 6.61 Å². The normalized spacial score (nSPS) is 24.4. The maximum Gasteiger partial charge on any atom is 0.108 e. The number of epoxide rings is 1. The van der Waals surface area contributed by atoms with E-state index in [-0.39, 0.29) is 5.41 Å². The van der Waals surface area contributed by atoms with E-state index >= 15 is 0 Å². The largest absolute Gasteiger partial charge is 0.374 e. The van der Waals surface area contributed by atoms with Gasteiger partial charge in [0.05, 0.1) is 19.3 Å². The Bertz CT molecular complexity index is 326. The molecule has 1 saturated heterocycles. The van der Waals surface area contributed by atoms with Gasteiger partial charge in [-0.3, -0.25) is 0 Å². The van der Waals surface area contributed by atoms with Crippen LogP contribution in [0.2, 0.25) is 0 Å². The molecule has 88 valence electrons. The first-order valence-corrected chi connectivity index (χ1v) is 5.84. The summed E-state index contributed by atoms with van der Waals surface area (Å²) < 4.78 is 11.2. The van der Waals surface area contributed by atoms with Gasteiger partial charge < -0.3 is 9.47 Å². The third kappa shape index (κ3) is 3.06. The van der Waals surface area contributed by atoms with E-state index in [9.17, 15) is 0 Å². The van der Waals surface area contributed by atoms with Crippen LogP contribution in [0.1, 0.15) is 26.3 Å². The van der Waals surface area contributed by atoms with Gasteiger partial charge in [0.25, 0.3) is 0 Å². The van der Waals surface area contributed by atoms with Crippen molar-refractivity contribution in [1.29, 1.82) is 0 Å². The second-order valence-corrected chi connectivity index (χ2v) is 5.46. The summed E-state index contributed by atoms with van der Waals surface area (Å²) in [7, 11) is 0. The van der Waals surface area contributed by atoms with E-state index in [0.29, 0.717) is 25.4 Å². The van der Waals surface area contributed by atoms with Gasteiger partial charge in [0.15, 0.2) is 0 Å². The quantitative estimate of drug-likeness (QED) is 0.727. The number of rotatable bonds is 4. The minimum absolute atomic E-state index is 0.237. The molecule has 2 atom stereocenters. The molecular weight excluding hydrogens is 200 g/mol. The van der Waals surface area contributed by atoms with Crippen LogP contribution in [0.15, 0.2) is 30.3 Å². The standard InChI is InChI=1S/C14H20O2/c1-14(2,3)13-12(16-13)10-15-9-11-7-5-4-6-8-11/h4-8,12-13H,9-10H2,1-3H3/t12-,13-/m0/s1. The van der Waals surface area contributed by atoms with Crippen LogP contribution in [-0.4, -0.2) is 18.8 Å². The molecule has 0 unspecified atom stereocenters. The highest BCUT2D eigenvalue weighted by Crippen LogP contribution is 2.38. The predicted octanol–water partition coefficient (Wildman–Crippen LogP) is 3.02. The fourth-order valence-corrected chi connectivity index (χ4v) is 1.90. The van der Waals surface area contributed by atoms with Crippen molar-refractivity contribution in [2.45, 2.75) is 39.6 Å². The zero-order valence-electron chi connectivity index (χ0n) is 10.3. The third-order valence-electron chi connectivity index (χ3n) is 2.83. The van der Waals surface area contributed by atoms with Gasteiger partial charge in [0.2, 0.25) is 0 Å². The van der Waals surface area contributed by atoms with E-state index in [2.05, 4.69) is 32.9 Å². The van der Waals surface area contributed by atoms with Crippen LogP contribution in [0.3, 0.4) is 0 Å². The van der Waals surface area contributed by atoms with Gasteiger partial charge in [-0.25, -0.2) is 0 Å². The van der Waals surface area contributed by atoms with Crippen LogP contribution in [0.5, 0.6) is 0 Å². The highest BCUT2D eigenvalue weighted by molar-refractivity contribution is 5.13. The van der Waals surface area contributed by atoms with Crippen LogP contribution in [0.25, 0.3) is 0 Å². The summed E-state index contributed by atoms with van der Waals surface area (Å²) in [4.78, 5) is 0. The lowest BCUT2D eigenvalue weighted by Crippen LogP contribution is -2.18. The van der Waals surface area contributed by atoms with Crippen LogP contribution in [0, 0.1) is 5.41 Å². The lowest BCUT2D eigenvalue weighted by molar-refractivity contribution is 0.104. The molecule has 1 aliphatic heterocycles. The van der Waals surface area contributed by atoms with Crippen molar-refractivity contribution >= 4 is 0 Å². The maximum atomic E-state index is 5.64. The molecule has 0 radical (unpaired) electrons. The van der Waals surface area contributed by atoms with E-state index < -0.39 is 0 Å². The van der Waals surface area contributed by atoms with E-state index in [1.165, 1.54) is 5.56 Å². The van der Waals surface area contributed by atoms with E-state index in [1.54, 1.807) is 0 Å². The lowest BCUT2D eigenvalue weighted by atomic mass is 9.90. The second-order valence-electron chi connectivity index (χ2n) is 5.46. The Morgan fingerprint density at radius 2 is 1.88 bits per heavy atom. The summed E-state index contributed by atoms with van der Waals surface area (Å²) in [6, 6.07) is 10.2. The van der Waals surface area contributed by atoms with Crippen molar-refractivity contribution in [3.05, 3.63) is 35.9 Å². The average molecular weight is 220 g/mol. The van der Waals surface area contributed by atoms with Crippen LogP contribution >= 0.6 is 0 Å². The number of hydrogen-bond donors (Lipinski definition) is 0. The summed E-state index contributed by atoms with van der Waals surface area (Å²) in [5.41, 5.74) is 1.45.